The lowest BCUT2D eigenvalue weighted by molar-refractivity contribution is 0.116. The van der Waals surface area contributed by atoms with Crippen molar-refractivity contribution in [1.29, 1.82) is 0 Å². The van der Waals surface area contributed by atoms with Crippen LogP contribution in [-0.2, 0) is 13.1 Å². The molecule has 176 valence electrons. The van der Waals surface area contributed by atoms with Gasteiger partial charge >= 0.3 is 6.43 Å². The van der Waals surface area contributed by atoms with Crippen LogP contribution in [0.3, 0.4) is 0 Å². The number of aromatic nitrogens is 6. The molecule has 0 amide bonds. The topological polar surface area (TPSA) is 85.8 Å². The lowest BCUT2D eigenvalue weighted by atomic mass is 10.1. The highest BCUT2D eigenvalue weighted by atomic mass is 35.5. The summed E-state index contributed by atoms with van der Waals surface area (Å²) in [5.41, 5.74) is 2.52. The van der Waals surface area contributed by atoms with Gasteiger partial charge in [0, 0.05) is 18.3 Å². The Kier molecular flexibility index (Phi) is 6.29. The van der Waals surface area contributed by atoms with Gasteiger partial charge in [0.25, 0.3) is 5.89 Å². The molecule has 0 aliphatic carbocycles. The molecule has 34 heavy (non-hydrogen) atoms. The standard InChI is InChI=1S/C22H19ClF3N7O/c23-19-13(10-32-6-1-2-7-32)4-3-5-15(19)17-11-33(31-28-17)12-18-16(24)8-14(9-27-18)21-29-30-22(34-21)20(25)26/h3-5,8-9,11,20H,1-2,6-7,10,12H2. The molecule has 0 saturated carbocycles. The van der Waals surface area contributed by atoms with E-state index in [2.05, 4.69) is 30.4 Å². The average molecular weight is 490 g/mol. The van der Waals surface area contributed by atoms with Gasteiger partial charge in [0.15, 0.2) is 0 Å². The number of hydrogen-bond acceptors (Lipinski definition) is 7. The highest BCUT2D eigenvalue weighted by molar-refractivity contribution is 6.34. The van der Waals surface area contributed by atoms with Crippen molar-refractivity contribution in [2.24, 2.45) is 0 Å². The third-order valence-corrected chi connectivity index (χ3v) is 6.04. The van der Waals surface area contributed by atoms with Crippen LogP contribution in [0.1, 0.15) is 36.4 Å². The Morgan fingerprint density at radius 3 is 2.65 bits per heavy atom. The minimum absolute atomic E-state index is 0.0102. The fraction of sp³-hybridized carbons (Fsp3) is 0.318. The maximum atomic E-state index is 14.6. The van der Waals surface area contributed by atoms with E-state index in [9.17, 15) is 13.2 Å². The number of pyridine rings is 1. The molecule has 0 radical (unpaired) electrons. The fourth-order valence-electron chi connectivity index (χ4n) is 3.87. The number of alkyl halides is 2. The van der Waals surface area contributed by atoms with Crippen molar-refractivity contribution in [3.05, 3.63) is 64.6 Å². The lowest BCUT2D eigenvalue weighted by Gasteiger charge is -2.16. The zero-order valence-corrected chi connectivity index (χ0v) is 18.6. The highest BCUT2D eigenvalue weighted by Gasteiger charge is 2.19. The zero-order chi connectivity index (χ0) is 23.7. The molecule has 8 nitrogen and oxygen atoms in total. The predicted octanol–water partition coefficient (Wildman–Crippen LogP) is 4.76. The first-order valence-electron chi connectivity index (χ1n) is 10.6. The summed E-state index contributed by atoms with van der Waals surface area (Å²) in [7, 11) is 0. The third-order valence-electron chi connectivity index (χ3n) is 5.59. The maximum Gasteiger partial charge on any atom is 0.314 e. The van der Waals surface area contributed by atoms with Crippen molar-refractivity contribution in [2.45, 2.75) is 32.4 Å². The van der Waals surface area contributed by atoms with Gasteiger partial charge in [-0.05, 0) is 37.6 Å². The Bertz CT molecular complexity index is 1300. The van der Waals surface area contributed by atoms with Crippen molar-refractivity contribution in [1.82, 2.24) is 35.1 Å². The number of rotatable bonds is 7. The van der Waals surface area contributed by atoms with Crippen LogP contribution in [-0.4, -0.2) is 48.2 Å². The molecule has 4 heterocycles. The van der Waals surface area contributed by atoms with Gasteiger partial charge in [0.2, 0.25) is 5.89 Å². The third kappa shape index (κ3) is 4.66. The number of halogens is 4. The molecule has 5 rings (SSSR count). The second-order valence-corrected chi connectivity index (χ2v) is 8.34. The van der Waals surface area contributed by atoms with Gasteiger partial charge in [-0.1, -0.05) is 35.0 Å². The summed E-state index contributed by atoms with van der Waals surface area (Å²) in [5, 5.41) is 15.6. The monoisotopic (exact) mass is 489 g/mol. The Labute approximate surface area is 197 Å². The van der Waals surface area contributed by atoms with Gasteiger partial charge < -0.3 is 4.42 Å². The molecular formula is C22H19ClF3N7O. The van der Waals surface area contributed by atoms with Gasteiger partial charge in [-0.15, -0.1) is 15.3 Å². The number of benzene rings is 1. The Balaban J connectivity index is 1.32. The first kappa shape index (κ1) is 22.5. The molecule has 0 bridgehead atoms. The van der Waals surface area contributed by atoms with Crippen molar-refractivity contribution in [2.75, 3.05) is 13.1 Å². The second kappa shape index (κ2) is 9.51. The van der Waals surface area contributed by atoms with E-state index in [1.54, 1.807) is 6.20 Å². The summed E-state index contributed by atoms with van der Waals surface area (Å²) in [5.74, 6) is -1.74. The molecule has 1 fully saturated rings. The molecule has 1 aromatic carbocycles. The van der Waals surface area contributed by atoms with E-state index in [1.807, 2.05) is 18.2 Å². The first-order chi connectivity index (χ1) is 16.5. The lowest BCUT2D eigenvalue weighted by Crippen LogP contribution is -2.18. The van der Waals surface area contributed by atoms with Gasteiger partial charge in [-0.2, -0.15) is 8.78 Å². The molecule has 0 atom stereocenters. The van der Waals surface area contributed by atoms with E-state index in [4.69, 9.17) is 16.0 Å². The summed E-state index contributed by atoms with van der Waals surface area (Å²) >= 11 is 6.67. The highest BCUT2D eigenvalue weighted by Crippen LogP contribution is 2.31. The zero-order valence-electron chi connectivity index (χ0n) is 17.8. The van der Waals surface area contributed by atoms with Crippen LogP contribution in [0.15, 0.2) is 41.1 Å². The second-order valence-electron chi connectivity index (χ2n) is 7.96. The average Bonchev–Trinajstić information content (AvgIpc) is 3.58. The summed E-state index contributed by atoms with van der Waals surface area (Å²) in [6.07, 6.45) is 2.43. The molecule has 0 spiro atoms. The van der Waals surface area contributed by atoms with E-state index in [-0.39, 0.29) is 23.7 Å². The Morgan fingerprint density at radius 1 is 1.09 bits per heavy atom. The van der Waals surface area contributed by atoms with Gasteiger partial charge in [0.05, 0.1) is 29.0 Å². The van der Waals surface area contributed by atoms with Crippen LogP contribution in [0.2, 0.25) is 5.02 Å². The molecule has 0 unspecified atom stereocenters. The van der Waals surface area contributed by atoms with Crippen LogP contribution in [0, 0.1) is 5.82 Å². The van der Waals surface area contributed by atoms with Crippen molar-refractivity contribution < 1.29 is 17.6 Å². The Hall–Kier alpha value is -3.31. The van der Waals surface area contributed by atoms with E-state index in [0.29, 0.717) is 10.7 Å². The van der Waals surface area contributed by atoms with Crippen molar-refractivity contribution in [3.63, 3.8) is 0 Å². The number of hydrogen-bond donors (Lipinski definition) is 0. The number of likely N-dealkylation sites (tertiary alicyclic amines) is 1. The van der Waals surface area contributed by atoms with Crippen molar-refractivity contribution >= 4 is 11.6 Å². The summed E-state index contributed by atoms with van der Waals surface area (Å²) < 4.78 is 46.2. The largest absolute Gasteiger partial charge is 0.415 e. The van der Waals surface area contributed by atoms with Gasteiger partial charge in [0.1, 0.15) is 11.5 Å². The van der Waals surface area contributed by atoms with E-state index < -0.39 is 18.1 Å². The molecule has 1 saturated heterocycles. The fourth-order valence-corrected chi connectivity index (χ4v) is 4.16. The molecule has 12 heteroatoms. The van der Waals surface area contributed by atoms with E-state index in [0.717, 1.165) is 36.8 Å². The SMILES string of the molecule is Fc1cc(-c2nnc(C(F)F)o2)cnc1Cn1cc(-c2cccc(CN3CCCC3)c2Cl)nn1. The van der Waals surface area contributed by atoms with Crippen LogP contribution in [0.5, 0.6) is 0 Å². The first-order valence-corrected chi connectivity index (χ1v) is 11.0. The molecule has 1 aliphatic heterocycles. The summed E-state index contributed by atoms with van der Waals surface area (Å²) in [4.78, 5) is 6.43. The quantitative estimate of drug-likeness (QED) is 0.370. The van der Waals surface area contributed by atoms with Gasteiger partial charge in [-0.3, -0.25) is 9.88 Å². The predicted molar refractivity (Wildman–Crippen MR) is 117 cm³/mol. The van der Waals surface area contributed by atoms with E-state index >= 15 is 0 Å². The van der Waals surface area contributed by atoms with Crippen LogP contribution in [0.25, 0.3) is 22.7 Å². The minimum atomic E-state index is -2.91. The molecule has 4 aromatic rings. The summed E-state index contributed by atoms with van der Waals surface area (Å²) in [6, 6.07) is 6.91. The normalized spacial score (nSPS) is 14.4. The molecule has 3 aromatic heterocycles. The van der Waals surface area contributed by atoms with Crippen molar-refractivity contribution in [3.8, 4) is 22.7 Å². The molecular weight excluding hydrogens is 471 g/mol. The Morgan fingerprint density at radius 2 is 1.91 bits per heavy atom. The molecule has 0 N–H and O–H groups in total. The van der Waals surface area contributed by atoms with Gasteiger partial charge in [-0.25, -0.2) is 9.07 Å². The van der Waals surface area contributed by atoms with E-state index in [1.165, 1.54) is 23.7 Å². The maximum absolute atomic E-state index is 14.6. The van der Waals surface area contributed by atoms with Crippen LogP contribution >= 0.6 is 11.6 Å². The van der Waals surface area contributed by atoms with Crippen LogP contribution in [0.4, 0.5) is 13.2 Å². The van der Waals surface area contributed by atoms with Crippen LogP contribution < -0.4 is 0 Å². The summed E-state index contributed by atoms with van der Waals surface area (Å²) in [6.45, 7) is 2.92. The number of nitrogens with zero attached hydrogens (tertiary/aromatic N) is 7. The minimum Gasteiger partial charge on any atom is -0.415 e. The molecule has 1 aliphatic rings. The smallest absolute Gasteiger partial charge is 0.314 e.